The van der Waals surface area contributed by atoms with Gasteiger partial charge >= 0.3 is 17.9 Å². The van der Waals surface area contributed by atoms with Crippen LogP contribution in [-0.4, -0.2) is 37.2 Å². The van der Waals surface area contributed by atoms with Crippen LogP contribution in [0.25, 0.3) is 0 Å². The Balaban J connectivity index is 4.56. The van der Waals surface area contributed by atoms with E-state index < -0.39 is 6.10 Å². The van der Waals surface area contributed by atoms with Gasteiger partial charge in [-0.2, -0.15) is 0 Å². The number of carbonyl (C=O) groups is 3. The Labute approximate surface area is 412 Å². The minimum atomic E-state index is -0.835. The van der Waals surface area contributed by atoms with E-state index in [4.69, 9.17) is 14.2 Å². The molecular formula is C61H100O6. The lowest BCUT2D eigenvalue weighted by atomic mass is 10.1. The summed E-state index contributed by atoms with van der Waals surface area (Å²) in [6.45, 7) is 6.39. The molecule has 0 aliphatic rings. The molecule has 0 aliphatic carbocycles. The van der Waals surface area contributed by atoms with Gasteiger partial charge in [0, 0.05) is 19.3 Å². The highest BCUT2D eigenvalue weighted by Gasteiger charge is 2.19. The number of allylic oxidation sites excluding steroid dienone is 18. The first-order valence-corrected chi connectivity index (χ1v) is 27.4. The van der Waals surface area contributed by atoms with Crippen LogP contribution in [0.4, 0.5) is 0 Å². The number of carbonyl (C=O) groups excluding carboxylic acids is 3. The number of hydrogen-bond acceptors (Lipinski definition) is 6. The lowest BCUT2D eigenvalue weighted by molar-refractivity contribution is -0.166. The molecule has 0 aromatic rings. The molecule has 6 nitrogen and oxygen atoms in total. The highest BCUT2D eigenvalue weighted by molar-refractivity contribution is 5.71. The molecule has 0 spiro atoms. The molecule has 0 heterocycles. The fourth-order valence-corrected chi connectivity index (χ4v) is 7.16. The van der Waals surface area contributed by atoms with E-state index in [-0.39, 0.29) is 44.0 Å². The van der Waals surface area contributed by atoms with Crippen LogP contribution in [0.2, 0.25) is 0 Å². The van der Waals surface area contributed by atoms with Crippen LogP contribution in [0.3, 0.4) is 0 Å². The Morgan fingerprint density at radius 3 is 0.985 bits per heavy atom. The summed E-state index contributed by atoms with van der Waals surface area (Å²) in [4.78, 5) is 38.0. The monoisotopic (exact) mass is 929 g/mol. The van der Waals surface area contributed by atoms with E-state index in [1.165, 1.54) is 116 Å². The number of rotatable bonds is 48. The van der Waals surface area contributed by atoms with Crippen molar-refractivity contribution in [1.82, 2.24) is 0 Å². The van der Waals surface area contributed by atoms with Crippen LogP contribution in [0.15, 0.2) is 109 Å². The first-order chi connectivity index (χ1) is 33.0. The van der Waals surface area contributed by atoms with Gasteiger partial charge in [0.2, 0.25) is 0 Å². The zero-order valence-electron chi connectivity index (χ0n) is 43.4. The van der Waals surface area contributed by atoms with Gasteiger partial charge in [0.1, 0.15) is 13.2 Å². The molecule has 67 heavy (non-hydrogen) atoms. The summed E-state index contributed by atoms with van der Waals surface area (Å²) in [6.07, 6.45) is 73.9. The summed E-state index contributed by atoms with van der Waals surface area (Å²) in [6, 6.07) is 0. The molecule has 380 valence electrons. The lowest BCUT2D eigenvalue weighted by Crippen LogP contribution is -2.30. The van der Waals surface area contributed by atoms with Gasteiger partial charge in [-0.3, -0.25) is 14.4 Å². The third kappa shape index (κ3) is 52.9. The normalized spacial score (nSPS) is 12.9. The highest BCUT2D eigenvalue weighted by Crippen LogP contribution is 2.13. The second-order valence-electron chi connectivity index (χ2n) is 17.7. The summed E-state index contributed by atoms with van der Waals surface area (Å²) in [5.74, 6) is -1.09. The maximum atomic E-state index is 12.8. The predicted octanol–water partition coefficient (Wildman–Crippen LogP) is 18.3. The molecule has 1 unspecified atom stereocenters. The Bertz CT molecular complexity index is 1390. The summed E-state index contributed by atoms with van der Waals surface area (Å²) in [5.41, 5.74) is 0. The van der Waals surface area contributed by atoms with Gasteiger partial charge in [0.25, 0.3) is 0 Å². The van der Waals surface area contributed by atoms with E-state index in [0.29, 0.717) is 19.3 Å². The molecule has 0 amide bonds. The van der Waals surface area contributed by atoms with Crippen molar-refractivity contribution >= 4 is 17.9 Å². The van der Waals surface area contributed by atoms with Crippen molar-refractivity contribution in [3.05, 3.63) is 109 Å². The Morgan fingerprint density at radius 2 is 0.612 bits per heavy atom. The summed E-state index contributed by atoms with van der Waals surface area (Å²) >= 11 is 0. The molecule has 0 fully saturated rings. The molecule has 0 saturated heterocycles. The van der Waals surface area contributed by atoms with Crippen molar-refractivity contribution in [3.8, 4) is 0 Å². The Morgan fingerprint density at radius 1 is 0.313 bits per heavy atom. The highest BCUT2D eigenvalue weighted by atomic mass is 16.6. The van der Waals surface area contributed by atoms with Gasteiger partial charge in [-0.15, -0.1) is 0 Å². The zero-order chi connectivity index (χ0) is 48.6. The molecule has 0 aromatic heterocycles. The van der Waals surface area contributed by atoms with Crippen molar-refractivity contribution < 1.29 is 28.6 Å². The van der Waals surface area contributed by atoms with Crippen molar-refractivity contribution in [1.29, 1.82) is 0 Å². The summed E-state index contributed by atoms with van der Waals surface area (Å²) in [7, 11) is 0. The average Bonchev–Trinajstić information content (AvgIpc) is 3.33. The first kappa shape index (κ1) is 63.1. The number of unbranched alkanes of at least 4 members (excludes halogenated alkanes) is 19. The zero-order valence-corrected chi connectivity index (χ0v) is 43.4. The van der Waals surface area contributed by atoms with Crippen molar-refractivity contribution in [3.63, 3.8) is 0 Å². The minimum Gasteiger partial charge on any atom is -0.462 e. The molecule has 6 heteroatoms. The smallest absolute Gasteiger partial charge is 0.306 e. The standard InChI is InChI=1S/C61H100O6/c1-4-7-10-13-16-19-22-25-27-29-30-32-33-36-39-42-45-48-51-54-60(63)66-57-58(56-65-59(62)53-50-47-44-41-38-35-24-21-18-15-12-9-6-3)67-61(64)55-52-49-46-43-40-37-34-31-28-26-23-20-17-14-11-8-5-2/h7,10,16,19,25-28,30,32,35-36,38-39,44-45,47-48,58H,4-6,8-9,11-15,17-18,20-24,29,31,33-34,37,40-43,46,49-57H2,1-3H3/b10-7-,19-16-,27-25-,28-26-,32-30-,38-35-,39-36-,47-44-,48-45-. The van der Waals surface area contributed by atoms with Crippen molar-refractivity contribution in [2.75, 3.05) is 13.2 Å². The topological polar surface area (TPSA) is 78.9 Å². The first-order valence-electron chi connectivity index (χ1n) is 27.4. The Kier molecular flexibility index (Phi) is 51.5. The third-order valence-corrected chi connectivity index (χ3v) is 11.3. The average molecular weight is 929 g/mol. The predicted molar refractivity (Wildman–Crippen MR) is 288 cm³/mol. The van der Waals surface area contributed by atoms with E-state index in [1.807, 2.05) is 18.2 Å². The summed E-state index contributed by atoms with van der Waals surface area (Å²) in [5, 5.41) is 0. The third-order valence-electron chi connectivity index (χ3n) is 11.3. The Hall–Kier alpha value is -3.93. The molecule has 0 rings (SSSR count). The van der Waals surface area contributed by atoms with Crippen LogP contribution >= 0.6 is 0 Å². The fourth-order valence-electron chi connectivity index (χ4n) is 7.16. The van der Waals surface area contributed by atoms with E-state index in [2.05, 4.69) is 112 Å². The molecule has 0 radical (unpaired) electrons. The lowest BCUT2D eigenvalue weighted by Gasteiger charge is -2.18. The largest absolute Gasteiger partial charge is 0.462 e. The van der Waals surface area contributed by atoms with Crippen molar-refractivity contribution in [2.24, 2.45) is 0 Å². The van der Waals surface area contributed by atoms with E-state index >= 15 is 0 Å². The van der Waals surface area contributed by atoms with Gasteiger partial charge < -0.3 is 14.2 Å². The van der Waals surface area contributed by atoms with E-state index in [9.17, 15) is 14.4 Å². The van der Waals surface area contributed by atoms with E-state index in [1.54, 1.807) is 0 Å². The summed E-state index contributed by atoms with van der Waals surface area (Å²) < 4.78 is 16.7. The van der Waals surface area contributed by atoms with Gasteiger partial charge in [0.15, 0.2) is 6.10 Å². The molecule has 0 aromatic carbocycles. The number of ether oxygens (including phenoxy) is 3. The van der Waals surface area contributed by atoms with Crippen LogP contribution in [0.1, 0.15) is 239 Å². The van der Waals surface area contributed by atoms with Gasteiger partial charge in [-0.25, -0.2) is 0 Å². The van der Waals surface area contributed by atoms with Crippen LogP contribution in [0.5, 0.6) is 0 Å². The maximum absolute atomic E-state index is 12.8. The van der Waals surface area contributed by atoms with Crippen molar-refractivity contribution in [2.45, 2.75) is 245 Å². The molecule has 0 bridgehead atoms. The molecular weight excluding hydrogens is 829 g/mol. The fraction of sp³-hybridized carbons (Fsp3) is 0.656. The molecule has 1 atom stereocenters. The number of hydrogen-bond donors (Lipinski definition) is 0. The van der Waals surface area contributed by atoms with E-state index in [0.717, 1.165) is 70.6 Å². The maximum Gasteiger partial charge on any atom is 0.306 e. The van der Waals surface area contributed by atoms with Crippen LogP contribution in [-0.2, 0) is 28.6 Å². The van der Waals surface area contributed by atoms with Gasteiger partial charge in [0.05, 0.1) is 0 Å². The van der Waals surface area contributed by atoms with Gasteiger partial charge in [-0.05, 0) is 103 Å². The SMILES string of the molecule is CC/C=C\C/C=C\C/C=C\C/C=C\C/C=C\C/C=C\CCC(=O)OCC(COC(=O)CC/C=C\C/C=C\CCCCCCCC)OC(=O)CCCCCCCCC/C=C\CCCCCCCC. The molecule has 0 saturated carbocycles. The quantitative estimate of drug-likeness (QED) is 0.0262. The second kappa shape index (κ2) is 54.7. The van der Waals surface area contributed by atoms with Crippen LogP contribution < -0.4 is 0 Å². The van der Waals surface area contributed by atoms with Gasteiger partial charge in [-0.1, -0.05) is 226 Å². The van der Waals surface area contributed by atoms with Crippen LogP contribution in [0, 0.1) is 0 Å². The molecule has 0 aliphatic heterocycles. The minimum absolute atomic E-state index is 0.135. The molecule has 0 N–H and O–H groups in total. The number of esters is 3. The second-order valence-corrected chi connectivity index (χ2v) is 17.7.